The van der Waals surface area contributed by atoms with Gasteiger partial charge in [0.05, 0.1) is 18.1 Å². The van der Waals surface area contributed by atoms with Crippen molar-refractivity contribution in [2.75, 3.05) is 37.3 Å². The molecule has 10 heteroatoms. The highest BCUT2D eigenvalue weighted by molar-refractivity contribution is 7.88. The molecule has 0 radical (unpaired) electrons. The molecule has 0 spiro atoms. The molecule has 1 fully saturated rings. The van der Waals surface area contributed by atoms with E-state index in [1.165, 1.54) is 16.1 Å². The van der Waals surface area contributed by atoms with Gasteiger partial charge in [-0.2, -0.15) is 9.29 Å². The summed E-state index contributed by atoms with van der Waals surface area (Å²) in [4.78, 5) is 11.4. The second-order valence-electron chi connectivity index (χ2n) is 10.2. The van der Waals surface area contributed by atoms with Crippen LogP contribution >= 0.6 is 0 Å². The van der Waals surface area contributed by atoms with E-state index in [9.17, 15) is 8.42 Å². The van der Waals surface area contributed by atoms with Crippen LogP contribution in [0.5, 0.6) is 5.75 Å². The lowest BCUT2D eigenvalue weighted by molar-refractivity contribution is 0.0347. The summed E-state index contributed by atoms with van der Waals surface area (Å²) in [5, 5.41) is 4.16. The number of anilines is 1. The fourth-order valence-corrected chi connectivity index (χ4v) is 6.02. The van der Waals surface area contributed by atoms with Gasteiger partial charge in [0.1, 0.15) is 11.4 Å². The van der Waals surface area contributed by atoms with E-state index in [1.807, 2.05) is 12.3 Å². The summed E-state index contributed by atoms with van der Waals surface area (Å²) in [6, 6.07) is 2.13. The first kappa shape index (κ1) is 23.3. The molecular weight excluding hydrogens is 454 g/mol. The molecule has 5 rings (SSSR count). The fourth-order valence-electron chi connectivity index (χ4n) is 5.25. The maximum Gasteiger partial charge on any atom is 0.266 e. The Labute approximate surface area is 201 Å². The number of hydrogen-bond donors (Lipinski definition) is 0. The minimum absolute atomic E-state index is 0.226. The summed E-state index contributed by atoms with van der Waals surface area (Å²) in [5.74, 6) is 2.88. The number of hydrogen-bond acceptors (Lipinski definition) is 8. The van der Waals surface area contributed by atoms with Crippen LogP contribution in [-0.4, -0.2) is 65.9 Å². The van der Waals surface area contributed by atoms with Gasteiger partial charge in [0.2, 0.25) is 15.9 Å². The van der Waals surface area contributed by atoms with Gasteiger partial charge < -0.3 is 14.2 Å². The number of sulfonamides is 1. The van der Waals surface area contributed by atoms with Crippen LogP contribution < -0.4 is 9.64 Å². The number of rotatable bonds is 5. The molecule has 0 amide bonds. The van der Waals surface area contributed by atoms with E-state index < -0.39 is 10.0 Å². The third-order valence-electron chi connectivity index (χ3n) is 7.37. The van der Waals surface area contributed by atoms with E-state index in [1.54, 1.807) is 0 Å². The van der Waals surface area contributed by atoms with Crippen molar-refractivity contribution in [3.63, 3.8) is 0 Å². The molecule has 0 N–H and O–H groups in total. The molecule has 0 bridgehead atoms. The van der Waals surface area contributed by atoms with Crippen LogP contribution in [0.3, 0.4) is 0 Å². The average Bonchev–Trinajstić information content (AvgIpc) is 3.43. The average molecular weight is 488 g/mol. The zero-order valence-electron chi connectivity index (χ0n) is 20.3. The third-order valence-corrected chi connectivity index (χ3v) is 8.64. The Morgan fingerprint density at radius 3 is 2.59 bits per heavy atom. The molecule has 0 unspecified atom stereocenters. The monoisotopic (exact) mass is 487 g/mol. The first-order chi connectivity index (χ1) is 16.1. The lowest BCUT2D eigenvalue weighted by Gasteiger charge is -2.39. The van der Waals surface area contributed by atoms with Crippen LogP contribution in [-0.2, 0) is 16.4 Å². The van der Waals surface area contributed by atoms with Gasteiger partial charge in [-0.15, -0.1) is 0 Å². The Balaban J connectivity index is 1.24. The first-order valence-electron chi connectivity index (χ1n) is 12.0. The Morgan fingerprint density at radius 2 is 1.97 bits per heavy atom. The van der Waals surface area contributed by atoms with Crippen LogP contribution in [0, 0.1) is 5.92 Å². The summed E-state index contributed by atoms with van der Waals surface area (Å²) in [6.07, 6.45) is 8.60. The molecule has 5 heterocycles. The molecular formula is C24H33N5O4S. The largest absolute Gasteiger partial charge is 0.485 e. The van der Waals surface area contributed by atoms with Crippen molar-refractivity contribution < 1.29 is 17.7 Å². The van der Waals surface area contributed by atoms with Gasteiger partial charge in [0.25, 0.3) is 5.95 Å². The molecule has 184 valence electrons. The molecule has 3 aliphatic heterocycles. The van der Waals surface area contributed by atoms with Crippen LogP contribution in [0.4, 0.5) is 5.95 Å². The lowest BCUT2D eigenvalue weighted by atomic mass is 9.79. The fraction of sp³-hybridized carbons (Fsp3) is 0.625. The van der Waals surface area contributed by atoms with Gasteiger partial charge in [-0.05, 0) is 43.0 Å². The Bertz CT molecular complexity index is 1200. The third kappa shape index (κ3) is 4.45. The van der Waals surface area contributed by atoms with Crippen molar-refractivity contribution in [2.24, 2.45) is 5.92 Å². The highest BCUT2D eigenvalue weighted by atomic mass is 32.2. The summed E-state index contributed by atoms with van der Waals surface area (Å²) in [6.45, 7) is 8.97. The van der Waals surface area contributed by atoms with E-state index in [2.05, 4.69) is 46.9 Å². The number of fused-ring (bicyclic) bond motifs is 1. The summed E-state index contributed by atoms with van der Waals surface area (Å²) in [7, 11) is -3.16. The van der Waals surface area contributed by atoms with Crippen LogP contribution in [0.15, 0.2) is 22.9 Å². The molecule has 1 atom stereocenters. The summed E-state index contributed by atoms with van der Waals surface area (Å²) in [5.41, 5.74) is 2.95. The molecule has 0 saturated carbocycles. The minimum Gasteiger partial charge on any atom is -0.485 e. The molecule has 2 aromatic heterocycles. The molecule has 9 nitrogen and oxygen atoms in total. The molecule has 1 saturated heterocycles. The quantitative estimate of drug-likeness (QED) is 0.633. The highest BCUT2D eigenvalue weighted by Gasteiger charge is 2.44. The predicted octanol–water partition coefficient (Wildman–Crippen LogP) is 3.25. The van der Waals surface area contributed by atoms with Crippen molar-refractivity contribution in [3.8, 4) is 5.75 Å². The van der Waals surface area contributed by atoms with E-state index >= 15 is 0 Å². The van der Waals surface area contributed by atoms with Gasteiger partial charge in [-0.25, -0.2) is 8.42 Å². The second kappa shape index (κ2) is 8.64. The summed E-state index contributed by atoms with van der Waals surface area (Å²) < 4.78 is 36.9. The van der Waals surface area contributed by atoms with Gasteiger partial charge >= 0.3 is 0 Å². The molecule has 2 aromatic rings. The van der Waals surface area contributed by atoms with E-state index in [0.29, 0.717) is 37.3 Å². The standard InChI is InChI=1S/C24H33N5O4S/c1-16(2)22-26-23(27-33-22)28-9-7-19(8-10-28)24(3)14-18-13-20(25-15-21(18)32-24)17-5-11-29(12-6-17)34(4,30)31/h5,13,15-16,19H,6-12,14H2,1-4H3/t24-/m0/s1. The Morgan fingerprint density at radius 1 is 1.21 bits per heavy atom. The van der Waals surface area contributed by atoms with Crippen LogP contribution in [0.25, 0.3) is 5.57 Å². The van der Waals surface area contributed by atoms with E-state index in [4.69, 9.17) is 9.26 Å². The zero-order chi connectivity index (χ0) is 24.1. The molecule has 34 heavy (non-hydrogen) atoms. The predicted molar refractivity (Wildman–Crippen MR) is 129 cm³/mol. The normalized spacial score (nSPS) is 24.3. The van der Waals surface area contributed by atoms with Gasteiger partial charge in [0, 0.05) is 50.0 Å². The smallest absolute Gasteiger partial charge is 0.266 e. The second-order valence-corrected chi connectivity index (χ2v) is 12.2. The van der Waals surface area contributed by atoms with Crippen molar-refractivity contribution in [3.05, 3.63) is 35.5 Å². The van der Waals surface area contributed by atoms with Crippen molar-refractivity contribution in [1.29, 1.82) is 0 Å². The lowest BCUT2D eigenvalue weighted by Crippen LogP contribution is -2.46. The van der Waals surface area contributed by atoms with Crippen molar-refractivity contribution in [1.82, 2.24) is 19.4 Å². The molecule has 0 aliphatic carbocycles. The zero-order valence-corrected chi connectivity index (χ0v) is 21.1. The van der Waals surface area contributed by atoms with Crippen LogP contribution in [0.2, 0.25) is 0 Å². The van der Waals surface area contributed by atoms with Gasteiger partial charge in [0.15, 0.2) is 0 Å². The molecule has 0 aromatic carbocycles. The van der Waals surface area contributed by atoms with E-state index in [-0.39, 0.29) is 11.5 Å². The Kier molecular flexibility index (Phi) is 5.92. The number of aromatic nitrogens is 3. The van der Waals surface area contributed by atoms with Crippen molar-refractivity contribution in [2.45, 2.75) is 58.0 Å². The topological polar surface area (TPSA) is 102 Å². The van der Waals surface area contributed by atoms with Crippen molar-refractivity contribution >= 4 is 21.5 Å². The Hall–Kier alpha value is -2.46. The van der Waals surface area contributed by atoms with Gasteiger partial charge in [-0.3, -0.25) is 4.98 Å². The number of ether oxygens (including phenoxy) is 1. The number of pyridine rings is 1. The SMILES string of the molecule is CC(C)c1nc(N2CCC([C@]3(C)Cc4cc(C5=CCN(S(C)(=O)=O)CC5)ncc4O3)CC2)no1. The maximum atomic E-state index is 11.8. The first-order valence-corrected chi connectivity index (χ1v) is 13.9. The number of nitrogens with zero attached hydrogens (tertiary/aromatic N) is 5. The van der Waals surface area contributed by atoms with Gasteiger partial charge in [-0.1, -0.05) is 19.9 Å². The van der Waals surface area contributed by atoms with Crippen LogP contribution in [0.1, 0.15) is 63.1 Å². The maximum absolute atomic E-state index is 11.8. The minimum atomic E-state index is -3.16. The highest BCUT2D eigenvalue weighted by Crippen LogP contribution is 2.43. The summed E-state index contributed by atoms with van der Waals surface area (Å²) >= 11 is 0. The molecule has 3 aliphatic rings. The van der Waals surface area contributed by atoms with E-state index in [0.717, 1.165) is 49.4 Å². The number of piperidine rings is 1.